The van der Waals surface area contributed by atoms with Crippen molar-refractivity contribution < 1.29 is 10.2 Å². The number of fused-ring (bicyclic) bond motifs is 1. The summed E-state index contributed by atoms with van der Waals surface area (Å²) in [6.45, 7) is 7.29. The fourth-order valence-corrected chi connectivity index (χ4v) is 4.15. The zero-order valence-electron chi connectivity index (χ0n) is 15.5. The first-order chi connectivity index (χ1) is 12.0. The lowest BCUT2D eigenvalue weighted by atomic mass is 9.74. The molecular formula is C21H30N2O2. The van der Waals surface area contributed by atoms with E-state index >= 15 is 0 Å². The highest BCUT2D eigenvalue weighted by Crippen LogP contribution is 2.38. The third kappa shape index (κ3) is 3.80. The smallest absolute Gasteiger partial charge is 0.0641 e. The van der Waals surface area contributed by atoms with Crippen LogP contribution in [0.25, 0.3) is 11.1 Å². The molecule has 0 saturated carbocycles. The second-order valence-corrected chi connectivity index (χ2v) is 7.57. The van der Waals surface area contributed by atoms with Crippen molar-refractivity contribution in [2.75, 3.05) is 6.61 Å². The number of aromatic nitrogens is 2. The van der Waals surface area contributed by atoms with E-state index in [9.17, 15) is 5.11 Å². The van der Waals surface area contributed by atoms with E-state index in [2.05, 4.69) is 44.1 Å². The maximum absolute atomic E-state index is 10.5. The summed E-state index contributed by atoms with van der Waals surface area (Å²) in [6.07, 6.45) is 6.52. The number of nitrogens with zero attached hydrogens (tertiary/aromatic N) is 2. The number of aliphatic hydroxyl groups is 2. The van der Waals surface area contributed by atoms with Crippen molar-refractivity contribution >= 4 is 0 Å². The van der Waals surface area contributed by atoms with Crippen LogP contribution in [0.5, 0.6) is 0 Å². The molecule has 4 atom stereocenters. The van der Waals surface area contributed by atoms with Gasteiger partial charge in [-0.25, -0.2) is 0 Å². The van der Waals surface area contributed by atoms with Gasteiger partial charge < -0.3 is 10.2 Å². The zero-order valence-corrected chi connectivity index (χ0v) is 15.5. The minimum Gasteiger partial charge on any atom is -0.394 e. The van der Waals surface area contributed by atoms with Gasteiger partial charge in [0.15, 0.2) is 0 Å². The average molecular weight is 342 g/mol. The first kappa shape index (κ1) is 18.2. The fourth-order valence-electron chi connectivity index (χ4n) is 4.15. The van der Waals surface area contributed by atoms with Crippen LogP contribution < -0.4 is 0 Å². The van der Waals surface area contributed by atoms with E-state index in [4.69, 9.17) is 5.11 Å². The van der Waals surface area contributed by atoms with Crippen LogP contribution in [0.15, 0.2) is 30.6 Å². The van der Waals surface area contributed by atoms with Gasteiger partial charge in [-0.05, 0) is 47.3 Å². The van der Waals surface area contributed by atoms with Crippen LogP contribution in [0.4, 0.5) is 0 Å². The van der Waals surface area contributed by atoms with Crippen LogP contribution in [0.2, 0.25) is 0 Å². The van der Waals surface area contributed by atoms with E-state index in [1.165, 1.54) is 11.1 Å². The molecule has 0 aliphatic heterocycles. The summed E-state index contributed by atoms with van der Waals surface area (Å²) < 4.78 is 1.77. The second-order valence-electron chi connectivity index (χ2n) is 7.57. The van der Waals surface area contributed by atoms with E-state index in [-0.39, 0.29) is 18.6 Å². The van der Waals surface area contributed by atoms with Gasteiger partial charge in [-0.3, -0.25) is 4.68 Å². The van der Waals surface area contributed by atoms with Crippen LogP contribution in [0.1, 0.15) is 50.7 Å². The molecule has 0 spiro atoms. The summed E-state index contributed by atoms with van der Waals surface area (Å²) in [5, 5.41) is 23.9. The van der Waals surface area contributed by atoms with Crippen molar-refractivity contribution in [3.8, 4) is 11.1 Å². The molecule has 4 nitrogen and oxygen atoms in total. The second kappa shape index (κ2) is 7.71. The standard InChI is InChI=1S/C21H30N2O2/c1-4-16-11-21(25)14(2)9-18-10-17(5-6-20(18)15(16)3)19-12-22-23(13-19)7-8-24/h5-6,10,12-16,21,24-25H,4,7-9,11H2,1-3H3. The van der Waals surface area contributed by atoms with Crippen LogP contribution in [-0.2, 0) is 13.0 Å². The van der Waals surface area contributed by atoms with Gasteiger partial charge in [0.25, 0.3) is 0 Å². The lowest BCUT2D eigenvalue weighted by Crippen LogP contribution is -2.28. The summed E-state index contributed by atoms with van der Waals surface area (Å²) in [7, 11) is 0. The van der Waals surface area contributed by atoms with Gasteiger partial charge in [0.1, 0.15) is 0 Å². The molecule has 4 heteroatoms. The number of benzene rings is 1. The van der Waals surface area contributed by atoms with Crippen LogP contribution >= 0.6 is 0 Å². The lowest BCUT2D eigenvalue weighted by Gasteiger charge is -2.33. The molecule has 0 saturated heterocycles. The Morgan fingerprint density at radius 2 is 2.04 bits per heavy atom. The molecule has 3 rings (SSSR count). The Balaban J connectivity index is 1.97. The van der Waals surface area contributed by atoms with Crippen molar-refractivity contribution in [2.24, 2.45) is 11.8 Å². The molecule has 1 heterocycles. The molecule has 2 N–H and O–H groups in total. The molecule has 136 valence electrons. The van der Waals surface area contributed by atoms with E-state index in [1.54, 1.807) is 4.68 Å². The lowest BCUT2D eigenvalue weighted by molar-refractivity contribution is 0.0802. The Labute approximate surface area is 150 Å². The fraction of sp³-hybridized carbons (Fsp3) is 0.571. The Kier molecular flexibility index (Phi) is 5.60. The van der Waals surface area contributed by atoms with Gasteiger partial charge in [-0.1, -0.05) is 45.4 Å². The third-order valence-corrected chi connectivity index (χ3v) is 5.90. The molecule has 0 radical (unpaired) electrons. The van der Waals surface area contributed by atoms with Gasteiger partial charge in [0, 0.05) is 11.8 Å². The van der Waals surface area contributed by atoms with Crippen molar-refractivity contribution in [3.63, 3.8) is 0 Å². The van der Waals surface area contributed by atoms with Gasteiger partial charge in [0.05, 0.1) is 25.5 Å². The molecule has 4 unspecified atom stereocenters. The average Bonchev–Trinajstić information content (AvgIpc) is 3.07. The maximum atomic E-state index is 10.5. The number of rotatable bonds is 4. The van der Waals surface area contributed by atoms with Crippen LogP contribution in [-0.4, -0.2) is 32.7 Å². The van der Waals surface area contributed by atoms with Crippen molar-refractivity contribution in [2.45, 2.75) is 58.6 Å². The monoisotopic (exact) mass is 342 g/mol. The van der Waals surface area contributed by atoms with E-state index in [0.29, 0.717) is 18.4 Å². The minimum atomic E-state index is -0.225. The molecular weight excluding hydrogens is 312 g/mol. The first-order valence-corrected chi connectivity index (χ1v) is 9.48. The summed E-state index contributed by atoms with van der Waals surface area (Å²) >= 11 is 0. The highest BCUT2D eigenvalue weighted by molar-refractivity contribution is 5.63. The summed E-state index contributed by atoms with van der Waals surface area (Å²) in [4.78, 5) is 0. The molecule has 1 aliphatic rings. The topological polar surface area (TPSA) is 58.3 Å². The number of hydrogen-bond acceptors (Lipinski definition) is 3. The third-order valence-electron chi connectivity index (χ3n) is 5.90. The van der Waals surface area contributed by atoms with E-state index in [1.807, 2.05) is 12.4 Å². The molecule has 1 aromatic carbocycles. The molecule has 25 heavy (non-hydrogen) atoms. The quantitative estimate of drug-likeness (QED) is 0.892. The zero-order chi connectivity index (χ0) is 18.0. The minimum absolute atomic E-state index is 0.0939. The Hall–Kier alpha value is -1.65. The SMILES string of the molecule is CCC1CC(O)C(C)Cc2cc(-c3cnn(CCO)c3)ccc2C1C. The molecule has 0 fully saturated rings. The normalized spacial score (nSPS) is 26.8. The van der Waals surface area contributed by atoms with Gasteiger partial charge >= 0.3 is 0 Å². The molecule has 0 bridgehead atoms. The van der Waals surface area contributed by atoms with Crippen LogP contribution in [0.3, 0.4) is 0 Å². The summed E-state index contributed by atoms with van der Waals surface area (Å²) in [5.74, 6) is 1.26. The summed E-state index contributed by atoms with van der Waals surface area (Å²) in [6, 6.07) is 6.73. The van der Waals surface area contributed by atoms with Gasteiger partial charge in [0.2, 0.25) is 0 Å². The highest BCUT2D eigenvalue weighted by Gasteiger charge is 2.29. The van der Waals surface area contributed by atoms with Crippen molar-refractivity contribution in [1.82, 2.24) is 9.78 Å². The summed E-state index contributed by atoms with van der Waals surface area (Å²) in [5.41, 5.74) is 5.01. The highest BCUT2D eigenvalue weighted by atomic mass is 16.3. The van der Waals surface area contributed by atoms with E-state index < -0.39 is 0 Å². The van der Waals surface area contributed by atoms with Gasteiger partial charge in [-0.2, -0.15) is 5.10 Å². The molecule has 1 aliphatic carbocycles. The van der Waals surface area contributed by atoms with Crippen molar-refractivity contribution in [3.05, 3.63) is 41.7 Å². The predicted octanol–water partition coefficient (Wildman–Crippen LogP) is 3.62. The first-order valence-electron chi connectivity index (χ1n) is 9.48. The maximum Gasteiger partial charge on any atom is 0.0641 e. The van der Waals surface area contributed by atoms with Crippen molar-refractivity contribution in [1.29, 1.82) is 0 Å². The molecule has 1 aromatic heterocycles. The predicted molar refractivity (Wildman–Crippen MR) is 100 cm³/mol. The molecule has 2 aromatic rings. The Bertz CT molecular complexity index is 710. The Morgan fingerprint density at radius 3 is 2.76 bits per heavy atom. The molecule has 0 amide bonds. The van der Waals surface area contributed by atoms with E-state index in [0.717, 1.165) is 30.4 Å². The Morgan fingerprint density at radius 1 is 1.24 bits per heavy atom. The number of aliphatic hydroxyl groups excluding tert-OH is 2. The number of hydrogen-bond donors (Lipinski definition) is 2. The van der Waals surface area contributed by atoms with Crippen LogP contribution in [0, 0.1) is 11.8 Å². The van der Waals surface area contributed by atoms with Gasteiger partial charge in [-0.15, -0.1) is 0 Å². The largest absolute Gasteiger partial charge is 0.394 e.